The van der Waals surface area contributed by atoms with E-state index in [0.29, 0.717) is 37.6 Å². The van der Waals surface area contributed by atoms with Crippen LogP contribution in [0.5, 0.6) is 11.5 Å². The Kier molecular flexibility index (Phi) is 8.21. The molecule has 0 spiro atoms. The van der Waals surface area contributed by atoms with E-state index in [1.807, 2.05) is 52.2 Å². The van der Waals surface area contributed by atoms with Crippen LogP contribution in [0.15, 0.2) is 55.0 Å². The quantitative estimate of drug-likeness (QED) is 0.224. The van der Waals surface area contributed by atoms with Crippen molar-refractivity contribution < 1.29 is 23.0 Å². The summed E-state index contributed by atoms with van der Waals surface area (Å²) < 4.78 is 46.4. The summed E-state index contributed by atoms with van der Waals surface area (Å²) in [5, 5.41) is 4.53. The van der Waals surface area contributed by atoms with Crippen molar-refractivity contribution in [3.05, 3.63) is 55.0 Å². The van der Waals surface area contributed by atoms with Gasteiger partial charge in [-0.3, -0.25) is 9.88 Å². The van der Waals surface area contributed by atoms with Gasteiger partial charge in [0.05, 0.1) is 49.9 Å². The Hall–Kier alpha value is -3.83. The average molecular weight is 579 g/mol. The van der Waals surface area contributed by atoms with E-state index in [1.165, 1.54) is 0 Å². The van der Waals surface area contributed by atoms with E-state index < -0.39 is 5.92 Å². The van der Waals surface area contributed by atoms with Crippen molar-refractivity contribution in [1.82, 2.24) is 24.6 Å². The van der Waals surface area contributed by atoms with Gasteiger partial charge >= 0.3 is 0 Å². The largest absolute Gasteiger partial charge is 0.497 e. The molecule has 2 fully saturated rings. The summed E-state index contributed by atoms with van der Waals surface area (Å²) in [6.07, 6.45) is 9.24. The molecule has 2 aliphatic rings. The van der Waals surface area contributed by atoms with E-state index >= 15 is 0 Å². The molecule has 222 valence electrons. The Labute approximate surface area is 244 Å². The molecule has 4 aromatic rings. The summed E-state index contributed by atoms with van der Waals surface area (Å²) >= 11 is 0. The van der Waals surface area contributed by atoms with Crippen LogP contribution in [0.1, 0.15) is 38.3 Å². The van der Waals surface area contributed by atoms with Crippen LogP contribution in [0.3, 0.4) is 0 Å². The van der Waals surface area contributed by atoms with Crippen molar-refractivity contribution in [2.45, 2.75) is 44.3 Å². The second kappa shape index (κ2) is 12.2. The maximum Gasteiger partial charge on any atom is 0.261 e. The molecule has 4 heterocycles. The predicted molar refractivity (Wildman–Crippen MR) is 157 cm³/mol. The molecule has 2 saturated heterocycles. The first-order chi connectivity index (χ1) is 20.4. The molecule has 2 aromatic heterocycles. The number of benzene rings is 2. The monoisotopic (exact) mass is 578 g/mol. The second-order valence-electron chi connectivity index (χ2n) is 10.9. The first-order valence-corrected chi connectivity index (χ1v) is 14.4. The number of nitrogens with zero attached hydrogens (tertiary/aromatic N) is 6. The highest BCUT2D eigenvalue weighted by atomic mass is 19.3. The second-order valence-corrected chi connectivity index (χ2v) is 10.9. The molecule has 11 heteroatoms. The van der Waals surface area contributed by atoms with Crippen LogP contribution in [-0.2, 0) is 4.74 Å². The Balaban J connectivity index is 1.29. The zero-order valence-electron chi connectivity index (χ0n) is 24.0. The number of hydrogen-bond donors (Lipinski definition) is 0. The smallest absolute Gasteiger partial charge is 0.261 e. The van der Waals surface area contributed by atoms with Crippen LogP contribution in [0.25, 0.3) is 22.3 Å². The van der Waals surface area contributed by atoms with Gasteiger partial charge in [-0.1, -0.05) is 0 Å². The molecule has 6 rings (SSSR count). The summed E-state index contributed by atoms with van der Waals surface area (Å²) in [6, 6.07) is 11.7. The van der Waals surface area contributed by atoms with Crippen molar-refractivity contribution >= 4 is 22.4 Å². The van der Waals surface area contributed by atoms with E-state index in [-0.39, 0.29) is 19.2 Å². The van der Waals surface area contributed by atoms with Crippen LogP contribution < -0.4 is 14.4 Å². The Morgan fingerprint density at radius 3 is 2.57 bits per heavy atom. The highest BCUT2D eigenvalue weighted by Gasteiger charge is 2.37. The number of anilines is 2. The number of methoxy groups -OCH3 is 2. The number of hydrogen-bond acceptors (Lipinski definition) is 8. The van der Waals surface area contributed by atoms with Gasteiger partial charge in [0.1, 0.15) is 17.7 Å². The molecular weight excluding hydrogens is 542 g/mol. The van der Waals surface area contributed by atoms with E-state index in [4.69, 9.17) is 19.2 Å². The van der Waals surface area contributed by atoms with Crippen LogP contribution in [0.4, 0.5) is 20.2 Å². The molecule has 2 aliphatic heterocycles. The average Bonchev–Trinajstić information content (AvgIpc) is 3.65. The molecule has 2 aromatic carbocycles. The number of aromatic nitrogens is 4. The van der Waals surface area contributed by atoms with Crippen LogP contribution in [0.2, 0.25) is 0 Å². The van der Waals surface area contributed by atoms with Crippen molar-refractivity contribution in [2.24, 2.45) is 0 Å². The minimum Gasteiger partial charge on any atom is -0.497 e. The maximum atomic E-state index is 13.8. The summed E-state index contributed by atoms with van der Waals surface area (Å²) in [5.74, 6) is -1.28. The number of rotatable bonds is 10. The lowest BCUT2D eigenvalue weighted by atomic mass is 10.1. The maximum absolute atomic E-state index is 13.8. The predicted octanol–water partition coefficient (Wildman–Crippen LogP) is 6.08. The molecule has 9 nitrogen and oxygen atoms in total. The van der Waals surface area contributed by atoms with Crippen LogP contribution >= 0.6 is 0 Å². The minimum atomic E-state index is -2.60. The van der Waals surface area contributed by atoms with Gasteiger partial charge in [-0.25, -0.2) is 18.4 Å². The van der Waals surface area contributed by atoms with Crippen LogP contribution in [0, 0.1) is 0 Å². The number of likely N-dealkylation sites (tertiary alicyclic amines) is 1. The lowest BCUT2D eigenvalue weighted by Crippen LogP contribution is -2.29. The highest BCUT2D eigenvalue weighted by Crippen LogP contribution is 2.35. The molecule has 42 heavy (non-hydrogen) atoms. The van der Waals surface area contributed by atoms with Gasteiger partial charge in [0.2, 0.25) is 0 Å². The zero-order chi connectivity index (χ0) is 29.1. The molecule has 0 N–H and O–H groups in total. The van der Waals surface area contributed by atoms with E-state index in [0.717, 1.165) is 59.5 Å². The Morgan fingerprint density at radius 1 is 1.02 bits per heavy atom. The lowest BCUT2D eigenvalue weighted by molar-refractivity contribution is -0.0394. The van der Waals surface area contributed by atoms with Gasteiger partial charge in [-0.05, 0) is 43.9 Å². The van der Waals surface area contributed by atoms with Gasteiger partial charge < -0.3 is 19.1 Å². The molecule has 0 saturated carbocycles. The van der Waals surface area contributed by atoms with Crippen molar-refractivity contribution in [1.29, 1.82) is 0 Å². The fourth-order valence-electron chi connectivity index (χ4n) is 5.67. The summed E-state index contributed by atoms with van der Waals surface area (Å²) in [6.45, 7) is 2.17. The van der Waals surface area contributed by atoms with Crippen molar-refractivity contribution in [3.63, 3.8) is 0 Å². The van der Waals surface area contributed by atoms with E-state index in [9.17, 15) is 8.78 Å². The number of alkyl halides is 2. The summed E-state index contributed by atoms with van der Waals surface area (Å²) in [5.41, 5.74) is 4.89. The SMILES string of the molecule is COc1cc(OC)cc(N(CCCN2CCC(F)(F)C2)c2ccc3ncc(-c4cnn(C5CCCCO5)c4)nc3c2)c1. The third-order valence-corrected chi connectivity index (χ3v) is 7.94. The van der Waals surface area contributed by atoms with Crippen molar-refractivity contribution in [3.8, 4) is 22.8 Å². The summed E-state index contributed by atoms with van der Waals surface area (Å²) in [7, 11) is 3.23. The molecular formula is C31H36F2N6O3. The Morgan fingerprint density at radius 2 is 1.86 bits per heavy atom. The molecule has 0 radical (unpaired) electrons. The third-order valence-electron chi connectivity index (χ3n) is 7.94. The van der Waals surface area contributed by atoms with Crippen molar-refractivity contribution in [2.75, 3.05) is 51.9 Å². The van der Waals surface area contributed by atoms with E-state index in [1.54, 1.807) is 26.6 Å². The zero-order valence-corrected chi connectivity index (χ0v) is 24.0. The first kappa shape index (κ1) is 28.3. The number of fused-ring (bicyclic) bond motifs is 1. The normalized spacial score (nSPS) is 18.8. The van der Waals surface area contributed by atoms with Gasteiger partial charge in [0.25, 0.3) is 5.92 Å². The van der Waals surface area contributed by atoms with Gasteiger partial charge in [0, 0.05) is 74.0 Å². The van der Waals surface area contributed by atoms with E-state index in [2.05, 4.69) is 15.0 Å². The molecule has 0 amide bonds. The third kappa shape index (κ3) is 6.32. The lowest BCUT2D eigenvalue weighted by Gasteiger charge is -2.27. The number of ether oxygens (including phenoxy) is 3. The minimum absolute atomic E-state index is 0.0484. The fourth-order valence-corrected chi connectivity index (χ4v) is 5.67. The molecule has 0 aliphatic carbocycles. The standard InChI is InChI=1S/C31H36F2N6O3/c1-40-25-14-24(15-26(17-25)41-2)38(11-5-10-37-12-9-31(32,33)21-37)23-7-8-27-28(16-23)36-29(19-34-27)22-18-35-39(20-22)30-6-3-4-13-42-30/h7-8,14-20,30H,3-6,9-13,21H2,1-2H3. The van der Waals surface area contributed by atoms with Crippen LogP contribution in [-0.4, -0.2) is 77.6 Å². The number of halogens is 2. The first-order valence-electron chi connectivity index (χ1n) is 14.4. The fraction of sp³-hybridized carbons (Fsp3) is 0.452. The van der Waals surface area contributed by atoms with Gasteiger partial charge in [0.15, 0.2) is 0 Å². The Bertz CT molecular complexity index is 1500. The topological polar surface area (TPSA) is 77.8 Å². The molecule has 0 bridgehead atoms. The summed E-state index contributed by atoms with van der Waals surface area (Å²) in [4.78, 5) is 13.6. The molecule has 1 atom stereocenters. The van der Waals surface area contributed by atoms with Gasteiger partial charge in [-0.2, -0.15) is 5.10 Å². The molecule has 1 unspecified atom stereocenters. The van der Waals surface area contributed by atoms with Gasteiger partial charge in [-0.15, -0.1) is 0 Å². The highest BCUT2D eigenvalue weighted by molar-refractivity contribution is 5.82.